The van der Waals surface area contributed by atoms with Gasteiger partial charge in [-0.05, 0) is 53.6 Å². The monoisotopic (exact) mass is 477 g/mol. The Labute approximate surface area is 210 Å². The van der Waals surface area contributed by atoms with E-state index in [1.807, 2.05) is 24.3 Å². The number of hydrogen-bond donors (Lipinski definition) is 0. The van der Waals surface area contributed by atoms with Gasteiger partial charge in [-0.2, -0.15) is 0 Å². The topological polar surface area (TPSA) is 30.7 Å². The molecular weight excluding hydrogens is 458 g/mol. The zero-order valence-corrected chi connectivity index (χ0v) is 20.0. The predicted molar refractivity (Wildman–Crippen MR) is 152 cm³/mol. The fourth-order valence-corrected chi connectivity index (χ4v) is 6.39. The highest BCUT2D eigenvalue weighted by Crippen LogP contribution is 2.36. The lowest BCUT2D eigenvalue weighted by Crippen LogP contribution is -1.93. The molecule has 4 heteroatoms. The van der Waals surface area contributed by atoms with Crippen molar-refractivity contribution >= 4 is 64.6 Å². The van der Waals surface area contributed by atoms with Crippen LogP contribution in [-0.4, -0.2) is 14.5 Å². The van der Waals surface area contributed by atoms with E-state index in [0.29, 0.717) is 0 Å². The van der Waals surface area contributed by atoms with Crippen molar-refractivity contribution in [3.8, 4) is 16.8 Å². The van der Waals surface area contributed by atoms with Gasteiger partial charge in [-0.3, -0.25) is 0 Å². The molecule has 0 unspecified atom stereocenters. The second kappa shape index (κ2) is 7.48. The number of hydrogen-bond acceptors (Lipinski definition) is 3. The molecule has 3 aromatic heterocycles. The molecule has 8 aromatic rings. The van der Waals surface area contributed by atoms with Crippen LogP contribution in [0.5, 0.6) is 0 Å². The van der Waals surface area contributed by atoms with Gasteiger partial charge in [0.15, 0.2) is 0 Å². The van der Waals surface area contributed by atoms with Crippen LogP contribution in [-0.2, 0) is 0 Å². The van der Waals surface area contributed by atoms with Gasteiger partial charge in [-0.15, -0.1) is 11.3 Å². The first-order chi connectivity index (χ1) is 17.8. The number of rotatable bonds is 2. The first-order valence-electron chi connectivity index (χ1n) is 12.0. The van der Waals surface area contributed by atoms with Crippen LogP contribution in [0.3, 0.4) is 0 Å². The molecule has 8 rings (SSSR count). The van der Waals surface area contributed by atoms with Gasteiger partial charge in [0.25, 0.3) is 0 Å². The molecule has 0 aliphatic rings. The Morgan fingerprint density at radius 2 is 1.14 bits per heavy atom. The Balaban J connectivity index is 1.24. The van der Waals surface area contributed by atoms with Gasteiger partial charge < -0.3 is 4.57 Å². The third-order valence-electron chi connectivity index (χ3n) is 7.02. The number of thiophene rings is 1. The molecule has 3 nitrogen and oxygen atoms in total. The van der Waals surface area contributed by atoms with Crippen LogP contribution in [0.2, 0.25) is 0 Å². The first kappa shape index (κ1) is 19.7. The lowest BCUT2D eigenvalue weighted by molar-refractivity contribution is 1.18. The number of aromatic nitrogens is 3. The van der Waals surface area contributed by atoms with Crippen LogP contribution in [0, 0.1) is 0 Å². The quantitative estimate of drug-likeness (QED) is 0.249. The van der Waals surface area contributed by atoms with Crippen LogP contribution >= 0.6 is 11.3 Å². The van der Waals surface area contributed by atoms with Crippen LogP contribution in [0.25, 0.3) is 70.1 Å². The number of nitrogens with zero attached hydrogens (tertiary/aromatic N) is 3. The minimum absolute atomic E-state index is 0.939. The van der Waals surface area contributed by atoms with Crippen LogP contribution < -0.4 is 0 Å². The minimum atomic E-state index is 0.939. The fraction of sp³-hybridized carbons (Fsp3) is 0. The van der Waals surface area contributed by atoms with E-state index >= 15 is 0 Å². The Hall–Kier alpha value is -4.54. The van der Waals surface area contributed by atoms with Crippen LogP contribution in [0.4, 0.5) is 0 Å². The van der Waals surface area contributed by atoms with Crippen LogP contribution in [0.1, 0.15) is 0 Å². The average molecular weight is 478 g/mol. The summed E-state index contributed by atoms with van der Waals surface area (Å²) in [5, 5.41) is 3.73. The Morgan fingerprint density at radius 3 is 1.86 bits per heavy atom. The molecule has 0 saturated heterocycles. The molecule has 0 saturated carbocycles. The standard InChI is InChI=1S/C32H19N3S/c1-5-11-28-23(7-1)24-8-2-6-12-29(24)35(28)22-16-13-20(14-17-22)21-15-18-25-30(19-21)36-32-31(25)33-26-9-3-4-10-27(26)34-32/h1-19H. The minimum Gasteiger partial charge on any atom is -0.309 e. The van der Waals surface area contributed by atoms with Crippen molar-refractivity contribution in [1.82, 2.24) is 14.5 Å². The van der Waals surface area contributed by atoms with Gasteiger partial charge in [0, 0.05) is 26.5 Å². The van der Waals surface area contributed by atoms with Crippen molar-refractivity contribution in [1.29, 1.82) is 0 Å². The summed E-state index contributed by atoms with van der Waals surface area (Å²) < 4.78 is 3.57. The predicted octanol–water partition coefficient (Wildman–Crippen LogP) is 8.76. The highest BCUT2D eigenvalue weighted by atomic mass is 32.1. The van der Waals surface area contributed by atoms with Gasteiger partial charge >= 0.3 is 0 Å². The Bertz CT molecular complexity index is 2050. The Kier molecular flexibility index (Phi) is 4.10. The van der Waals surface area contributed by atoms with Crippen molar-refractivity contribution in [2.75, 3.05) is 0 Å². The summed E-state index contributed by atoms with van der Waals surface area (Å²) >= 11 is 1.71. The second-order valence-corrected chi connectivity index (χ2v) is 10.1. The lowest BCUT2D eigenvalue weighted by atomic mass is 10.0. The summed E-state index contributed by atoms with van der Waals surface area (Å²) in [6.07, 6.45) is 0. The molecule has 0 N–H and O–H groups in total. The molecule has 0 fully saturated rings. The maximum absolute atomic E-state index is 4.90. The summed E-state index contributed by atoms with van der Waals surface area (Å²) in [4.78, 5) is 10.8. The fourth-order valence-electron chi connectivity index (χ4n) is 5.32. The van der Waals surface area contributed by atoms with E-state index < -0.39 is 0 Å². The van der Waals surface area contributed by atoms with Crippen molar-refractivity contribution in [2.24, 2.45) is 0 Å². The van der Waals surface area contributed by atoms with Crippen molar-refractivity contribution in [2.45, 2.75) is 0 Å². The zero-order chi connectivity index (χ0) is 23.6. The molecule has 36 heavy (non-hydrogen) atoms. The number of benzene rings is 5. The summed E-state index contributed by atoms with van der Waals surface area (Å²) in [5.41, 5.74) is 8.89. The third kappa shape index (κ3) is 2.85. The van der Waals surface area contributed by atoms with Gasteiger partial charge in [0.2, 0.25) is 0 Å². The largest absolute Gasteiger partial charge is 0.309 e. The smallest absolute Gasteiger partial charge is 0.143 e. The SMILES string of the molecule is c1ccc2nc3c(nc2c1)sc1cc(-c2ccc(-n4c5ccccc5c5ccccc54)cc2)ccc13. The normalized spacial score (nSPS) is 11.9. The molecule has 0 radical (unpaired) electrons. The van der Waals surface area contributed by atoms with Gasteiger partial charge in [0.1, 0.15) is 10.3 Å². The van der Waals surface area contributed by atoms with Crippen molar-refractivity contribution < 1.29 is 0 Å². The van der Waals surface area contributed by atoms with E-state index in [1.165, 1.54) is 48.7 Å². The molecule has 0 aliphatic carbocycles. The van der Waals surface area contributed by atoms with Gasteiger partial charge in [-0.25, -0.2) is 9.97 Å². The van der Waals surface area contributed by atoms with Crippen molar-refractivity contribution in [3.05, 3.63) is 115 Å². The number of para-hydroxylation sites is 4. The molecule has 3 heterocycles. The maximum Gasteiger partial charge on any atom is 0.143 e. The van der Waals surface area contributed by atoms with Crippen molar-refractivity contribution in [3.63, 3.8) is 0 Å². The Morgan fingerprint density at radius 1 is 0.528 bits per heavy atom. The van der Waals surface area contributed by atoms with E-state index in [0.717, 1.165) is 21.4 Å². The summed E-state index contributed by atoms with van der Waals surface area (Å²) in [6, 6.07) is 40.9. The molecule has 0 spiro atoms. The maximum atomic E-state index is 4.90. The van der Waals surface area contributed by atoms with Gasteiger partial charge in [0.05, 0.1) is 22.1 Å². The lowest BCUT2D eigenvalue weighted by Gasteiger charge is -2.09. The highest BCUT2D eigenvalue weighted by Gasteiger charge is 2.13. The number of fused-ring (bicyclic) bond motifs is 7. The molecular formula is C32H19N3S. The van der Waals surface area contributed by atoms with E-state index in [2.05, 4.69) is 95.6 Å². The first-order valence-corrected chi connectivity index (χ1v) is 12.8. The molecule has 0 aliphatic heterocycles. The molecule has 168 valence electrons. The second-order valence-electron chi connectivity index (χ2n) is 9.10. The summed E-state index contributed by atoms with van der Waals surface area (Å²) in [7, 11) is 0. The zero-order valence-electron chi connectivity index (χ0n) is 19.2. The van der Waals surface area contributed by atoms with E-state index in [9.17, 15) is 0 Å². The molecule has 0 amide bonds. The van der Waals surface area contributed by atoms with E-state index in [1.54, 1.807) is 11.3 Å². The molecule has 5 aromatic carbocycles. The van der Waals surface area contributed by atoms with E-state index in [4.69, 9.17) is 9.97 Å². The molecule has 0 atom stereocenters. The summed E-state index contributed by atoms with van der Waals surface area (Å²) in [6.45, 7) is 0. The molecule has 0 bridgehead atoms. The van der Waals surface area contributed by atoms with Crippen LogP contribution in [0.15, 0.2) is 115 Å². The summed E-state index contributed by atoms with van der Waals surface area (Å²) in [5.74, 6) is 0. The van der Waals surface area contributed by atoms with E-state index in [-0.39, 0.29) is 0 Å². The highest BCUT2D eigenvalue weighted by molar-refractivity contribution is 7.25. The average Bonchev–Trinajstić information content (AvgIpc) is 3.46. The third-order valence-corrected chi connectivity index (χ3v) is 8.06. The van der Waals surface area contributed by atoms with Gasteiger partial charge in [-0.1, -0.05) is 72.8 Å².